The number of unbranched alkanes of at least 4 members (excludes halogenated alkanes) is 1. The van der Waals surface area contributed by atoms with Crippen molar-refractivity contribution < 1.29 is 10.2 Å². The number of fused-ring (bicyclic) bond motifs is 5. The molecule has 4 aliphatic rings. The molecule has 4 fully saturated rings. The van der Waals surface area contributed by atoms with E-state index in [0.29, 0.717) is 40.4 Å². The van der Waals surface area contributed by atoms with Gasteiger partial charge in [0.15, 0.2) is 0 Å². The van der Waals surface area contributed by atoms with Gasteiger partial charge >= 0.3 is 0 Å². The van der Waals surface area contributed by atoms with Crippen molar-refractivity contribution in [1.29, 1.82) is 0 Å². The van der Waals surface area contributed by atoms with Gasteiger partial charge in [-0.25, -0.2) is 5.10 Å². The zero-order valence-electron chi connectivity index (χ0n) is 20.3. The summed E-state index contributed by atoms with van der Waals surface area (Å²) in [5.74, 6) is 4.28. The zero-order chi connectivity index (χ0) is 22.5. The molecule has 1 aromatic heterocycles. The van der Waals surface area contributed by atoms with E-state index in [1.54, 1.807) is 0 Å². The Kier molecular flexibility index (Phi) is 6.15. The number of rotatable bonds is 6. The average Bonchev–Trinajstić information content (AvgIpc) is 3.40. The van der Waals surface area contributed by atoms with E-state index in [1.165, 1.54) is 38.5 Å². The molecule has 4 saturated carbocycles. The maximum absolute atomic E-state index is 11.8. The minimum Gasteiger partial charge on any atom is -0.393 e. The number of nitrogens with one attached hydrogen (secondary N) is 1. The molecule has 32 heavy (non-hydrogen) atoms. The molecule has 0 radical (unpaired) electrons. The maximum Gasteiger partial charge on any atom is 0.148 e. The number of aromatic nitrogens is 4. The Morgan fingerprint density at radius 2 is 1.75 bits per heavy atom. The van der Waals surface area contributed by atoms with Crippen LogP contribution in [0.3, 0.4) is 0 Å². The van der Waals surface area contributed by atoms with Crippen molar-refractivity contribution in [3.63, 3.8) is 0 Å². The predicted octanol–water partition coefficient (Wildman–Crippen LogP) is 4.54. The second-order valence-corrected chi connectivity index (χ2v) is 12.3. The number of aliphatic hydroxyl groups excluding tert-OH is 2. The van der Waals surface area contributed by atoms with Crippen molar-refractivity contribution in [1.82, 2.24) is 20.6 Å². The SMILES string of the molecule is CC[C@H]1[C@@H](O)[C@@H]2[C@H](CC[C@]3(C)[C@@H](CCCCc4nnn[nH]4)CC[C@@H]23)[C@@]2(C)CC[C@@H](O)C[C@@H]12. The summed E-state index contributed by atoms with van der Waals surface area (Å²) in [6, 6.07) is 0. The Hall–Kier alpha value is -1.01. The number of nitrogens with zero attached hydrogens (tertiary/aromatic N) is 3. The Morgan fingerprint density at radius 3 is 2.50 bits per heavy atom. The summed E-state index contributed by atoms with van der Waals surface area (Å²) < 4.78 is 0. The van der Waals surface area contributed by atoms with E-state index in [1.807, 2.05) is 0 Å². The molecule has 180 valence electrons. The number of aryl methyl sites for hydroxylation is 1. The van der Waals surface area contributed by atoms with Crippen molar-refractivity contribution in [2.24, 2.45) is 46.3 Å². The number of aliphatic hydroxyl groups is 2. The fraction of sp³-hybridized carbons (Fsp3) is 0.962. The van der Waals surface area contributed by atoms with Crippen molar-refractivity contribution >= 4 is 0 Å². The molecule has 10 atom stereocenters. The monoisotopic (exact) mass is 444 g/mol. The van der Waals surface area contributed by atoms with Crippen LogP contribution in [-0.2, 0) is 6.42 Å². The van der Waals surface area contributed by atoms with E-state index in [0.717, 1.165) is 50.3 Å². The van der Waals surface area contributed by atoms with Crippen molar-refractivity contribution in [3.05, 3.63) is 5.82 Å². The summed E-state index contributed by atoms with van der Waals surface area (Å²) in [7, 11) is 0. The van der Waals surface area contributed by atoms with Crippen molar-refractivity contribution in [3.8, 4) is 0 Å². The lowest BCUT2D eigenvalue weighted by molar-refractivity contribution is -0.202. The van der Waals surface area contributed by atoms with Crippen molar-refractivity contribution in [2.75, 3.05) is 0 Å². The lowest BCUT2D eigenvalue weighted by atomic mass is 9.41. The third-order valence-electron chi connectivity index (χ3n) is 11.2. The first-order valence-electron chi connectivity index (χ1n) is 13.5. The molecule has 4 aliphatic carbocycles. The molecule has 6 nitrogen and oxygen atoms in total. The molecule has 6 heteroatoms. The van der Waals surface area contributed by atoms with Gasteiger partial charge in [-0.1, -0.05) is 33.6 Å². The molecule has 0 aromatic carbocycles. The van der Waals surface area contributed by atoms with E-state index in [-0.39, 0.29) is 12.2 Å². The van der Waals surface area contributed by atoms with Gasteiger partial charge in [0.05, 0.1) is 12.2 Å². The minimum atomic E-state index is -0.185. The van der Waals surface area contributed by atoms with E-state index < -0.39 is 0 Å². The number of hydrogen-bond donors (Lipinski definition) is 3. The van der Waals surface area contributed by atoms with Crippen LogP contribution in [0.2, 0.25) is 0 Å². The first-order valence-corrected chi connectivity index (χ1v) is 13.5. The van der Waals surface area contributed by atoms with Crippen LogP contribution in [0.25, 0.3) is 0 Å². The standard InChI is InChI=1S/C26H44N4O2/c1-4-18-21-15-17(31)11-13-26(21,3)20-12-14-25(2)16(9-10-19(25)23(20)24(18)32)7-5-6-8-22-27-29-30-28-22/h16-21,23-24,31-32H,4-15H2,1-3H3,(H,27,28,29,30)/t16-,17+,18+,19-,20-,21-,23-,24+,25+,26+/m0/s1. The summed E-state index contributed by atoms with van der Waals surface area (Å²) in [5, 5.41) is 36.5. The Morgan fingerprint density at radius 1 is 0.969 bits per heavy atom. The first kappa shape index (κ1) is 22.8. The van der Waals surface area contributed by atoms with E-state index in [2.05, 4.69) is 41.4 Å². The van der Waals surface area contributed by atoms with E-state index in [4.69, 9.17) is 0 Å². The molecule has 0 amide bonds. The average molecular weight is 445 g/mol. The van der Waals surface area contributed by atoms with Gasteiger partial charge in [0.2, 0.25) is 0 Å². The highest BCUT2D eigenvalue weighted by Gasteiger charge is 2.64. The van der Waals surface area contributed by atoms with Crippen LogP contribution in [0.4, 0.5) is 0 Å². The molecule has 3 N–H and O–H groups in total. The van der Waals surface area contributed by atoms with Crippen LogP contribution < -0.4 is 0 Å². The molecular formula is C26H44N4O2. The predicted molar refractivity (Wildman–Crippen MR) is 124 cm³/mol. The lowest BCUT2D eigenvalue weighted by Crippen LogP contribution is -2.62. The van der Waals surface area contributed by atoms with Crippen LogP contribution in [0.1, 0.15) is 97.2 Å². The molecule has 0 spiro atoms. The van der Waals surface area contributed by atoms with Crippen LogP contribution in [0.15, 0.2) is 0 Å². The largest absolute Gasteiger partial charge is 0.393 e. The van der Waals surface area contributed by atoms with Crippen LogP contribution in [0.5, 0.6) is 0 Å². The third kappa shape index (κ3) is 3.55. The maximum atomic E-state index is 11.8. The van der Waals surface area contributed by atoms with Gasteiger partial charge in [0.25, 0.3) is 0 Å². The normalized spacial score (nSPS) is 48.2. The summed E-state index contributed by atoms with van der Waals surface area (Å²) >= 11 is 0. The molecule has 0 aliphatic heterocycles. The van der Waals surface area contributed by atoms with Crippen LogP contribution in [-0.4, -0.2) is 43.0 Å². The van der Waals surface area contributed by atoms with Gasteiger partial charge < -0.3 is 10.2 Å². The van der Waals surface area contributed by atoms with Crippen LogP contribution >= 0.6 is 0 Å². The molecule has 0 bridgehead atoms. The number of H-pyrrole nitrogens is 1. The van der Waals surface area contributed by atoms with E-state index in [9.17, 15) is 10.2 Å². The number of aromatic amines is 1. The lowest BCUT2D eigenvalue weighted by Gasteiger charge is -2.64. The highest BCUT2D eigenvalue weighted by atomic mass is 16.3. The minimum absolute atomic E-state index is 0.164. The fourth-order valence-electron chi connectivity index (χ4n) is 9.51. The van der Waals surface area contributed by atoms with Gasteiger partial charge in [-0.2, -0.15) is 0 Å². The van der Waals surface area contributed by atoms with Gasteiger partial charge in [0, 0.05) is 6.42 Å². The Balaban J connectivity index is 1.31. The number of hydrogen-bond acceptors (Lipinski definition) is 5. The van der Waals surface area contributed by atoms with Gasteiger partial charge in [0.1, 0.15) is 5.82 Å². The topological polar surface area (TPSA) is 94.9 Å². The molecule has 0 unspecified atom stereocenters. The highest BCUT2D eigenvalue weighted by Crippen LogP contribution is 2.69. The summed E-state index contributed by atoms with van der Waals surface area (Å²) in [6.07, 6.45) is 13.5. The molecule has 5 rings (SSSR count). The molecule has 0 saturated heterocycles. The van der Waals surface area contributed by atoms with Gasteiger partial charge in [-0.15, -0.1) is 5.10 Å². The highest BCUT2D eigenvalue weighted by molar-refractivity contribution is 5.13. The number of tetrazole rings is 1. The Labute approximate surface area is 193 Å². The second kappa shape index (κ2) is 8.65. The van der Waals surface area contributed by atoms with Gasteiger partial charge in [-0.05, 0) is 115 Å². The van der Waals surface area contributed by atoms with Crippen molar-refractivity contribution in [2.45, 2.75) is 110 Å². The fourth-order valence-corrected chi connectivity index (χ4v) is 9.51. The third-order valence-corrected chi connectivity index (χ3v) is 11.2. The summed E-state index contributed by atoms with van der Waals surface area (Å²) in [6.45, 7) is 7.36. The molecule has 1 aromatic rings. The van der Waals surface area contributed by atoms with Crippen LogP contribution in [0, 0.1) is 46.3 Å². The quantitative estimate of drug-likeness (QED) is 0.560. The Bertz CT molecular complexity index is 772. The first-order chi connectivity index (χ1) is 15.4. The van der Waals surface area contributed by atoms with Gasteiger partial charge in [-0.3, -0.25) is 0 Å². The second-order valence-electron chi connectivity index (χ2n) is 12.3. The smallest absolute Gasteiger partial charge is 0.148 e. The summed E-state index contributed by atoms with van der Waals surface area (Å²) in [4.78, 5) is 0. The molecule has 1 heterocycles. The van der Waals surface area contributed by atoms with E-state index >= 15 is 0 Å². The molecular weight excluding hydrogens is 400 g/mol. The zero-order valence-corrected chi connectivity index (χ0v) is 20.3. The summed E-state index contributed by atoms with van der Waals surface area (Å²) in [5.41, 5.74) is 0.680.